The van der Waals surface area contributed by atoms with Gasteiger partial charge in [0.25, 0.3) is 0 Å². The van der Waals surface area contributed by atoms with Crippen LogP contribution in [0.2, 0.25) is 0 Å². The van der Waals surface area contributed by atoms with Gasteiger partial charge in [0.05, 0.1) is 6.54 Å². The maximum atomic E-state index is 13.1. The number of nitrogens with zero attached hydrogens (tertiary/aromatic N) is 3. The monoisotopic (exact) mass is 235 g/mol. The Balaban J connectivity index is 2.12. The Morgan fingerprint density at radius 2 is 2.25 bits per heavy atom. The second kappa shape index (κ2) is 3.95. The van der Waals surface area contributed by atoms with E-state index in [0.717, 1.165) is 0 Å². The third-order valence-electron chi connectivity index (χ3n) is 2.44. The van der Waals surface area contributed by atoms with Crippen molar-refractivity contribution < 1.29 is 17.7 Å². The number of alkyl halides is 3. The second-order valence-electron chi connectivity index (χ2n) is 3.97. The molecule has 0 aromatic carbocycles. The highest BCUT2D eigenvalue weighted by Crippen LogP contribution is 2.27. The van der Waals surface area contributed by atoms with E-state index in [4.69, 9.17) is 4.52 Å². The van der Waals surface area contributed by atoms with Crippen molar-refractivity contribution in [3.8, 4) is 0 Å². The molecule has 2 heterocycles. The third kappa shape index (κ3) is 2.28. The molecule has 0 aliphatic carbocycles. The first kappa shape index (κ1) is 11.2. The first-order valence-corrected chi connectivity index (χ1v) is 5.08. The van der Waals surface area contributed by atoms with Crippen LogP contribution in [0.1, 0.15) is 25.6 Å². The molecule has 0 N–H and O–H groups in total. The topological polar surface area (TPSA) is 42.2 Å². The van der Waals surface area contributed by atoms with E-state index in [9.17, 15) is 13.2 Å². The molecule has 4 nitrogen and oxygen atoms in total. The van der Waals surface area contributed by atoms with E-state index in [1.165, 1.54) is 4.90 Å². The standard InChI is InChI=1S/C9H12F3N3O/c1-9(11,12)7-13-8(16-14-7)15-4-2-3-6(10)5-15/h6H,2-5H2,1H3/t6-/m1/s1. The van der Waals surface area contributed by atoms with Crippen LogP contribution in [0.3, 0.4) is 0 Å². The summed E-state index contributed by atoms with van der Waals surface area (Å²) in [4.78, 5) is 5.07. The lowest BCUT2D eigenvalue weighted by atomic mass is 10.1. The fourth-order valence-corrected chi connectivity index (χ4v) is 1.62. The molecule has 0 saturated carbocycles. The second-order valence-corrected chi connectivity index (χ2v) is 3.97. The summed E-state index contributed by atoms with van der Waals surface area (Å²) in [5.74, 6) is -3.80. The summed E-state index contributed by atoms with van der Waals surface area (Å²) in [7, 11) is 0. The molecule has 0 unspecified atom stereocenters. The number of rotatable bonds is 2. The van der Waals surface area contributed by atoms with Crippen LogP contribution in [-0.2, 0) is 5.92 Å². The van der Waals surface area contributed by atoms with Gasteiger partial charge < -0.3 is 9.42 Å². The molecular formula is C9H12F3N3O. The van der Waals surface area contributed by atoms with Crippen molar-refractivity contribution in [2.75, 3.05) is 18.0 Å². The molecule has 1 aromatic rings. The average Bonchev–Trinajstić information content (AvgIpc) is 2.65. The zero-order valence-corrected chi connectivity index (χ0v) is 8.79. The first-order chi connectivity index (χ1) is 7.47. The lowest BCUT2D eigenvalue weighted by Gasteiger charge is -2.26. The fraction of sp³-hybridized carbons (Fsp3) is 0.778. The summed E-state index contributed by atoms with van der Waals surface area (Å²) in [6, 6.07) is -0.0288. The minimum absolute atomic E-state index is 0.0288. The number of anilines is 1. The zero-order chi connectivity index (χ0) is 11.8. The van der Waals surface area contributed by atoms with E-state index < -0.39 is 17.9 Å². The molecule has 1 atom stereocenters. The van der Waals surface area contributed by atoms with Crippen molar-refractivity contribution in [3.05, 3.63) is 5.82 Å². The SMILES string of the molecule is CC(F)(F)c1noc(N2CCC[C@@H](F)C2)n1. The Morgan fingerprint density at radius 3 is 2.81 bits per heavy atom. The van der Waals surface area contributed by atoms with E-state index >= 15 is 0 Å². The van der Waals surface area contributed by atoms with Crippen molar-refractivity contribution in [2.24, 2.45) is 0 Å². The number of aromatic nitrogens is 2. The molecule has 90 valence electrons. The van der Waals surface area contributed by atoms with Crippen LogP contribution < -0.4 is 4.90 Å². The smallest absolute Gasteiger partial charge is 0.322 e. The Bertz CT molecular complexity index is 363. The van der Waals surface area contributed by atoms with E-state index in [0.29, 0.717) is 26.3 Å². The molecule has 1 fully saturated rings. The average molecular weight is 235 g/mol. The van der Waals surface area contributed by atoms with Crippen molar-refractivity contribution in [1.82, 2.24) is 10.1 Å². The molecular weight excluding hydrogens is 223 g/mol. The Hall–Kier alpha value is -1.27. The molecule has 1 aliphatic rings. The van der Waals surface area contributed by atoms with Gasteiger partial charge in [0, 0.05) is 13.5 Å². The molecule has 1 aliphatic heterocycles. The molecule has 0 amide bonds. The molecule has 0 bridgehead atoms. The fourth-order valence-electron chi connectivity index (χ4n) is 1.62. The van der Waals surface area contributed by atoms with Crippen molar-refractivity contribution in [1.29, 1.82) is 0 Å². The number of hydrogen-bond acceptors (Lipinski definition) is 4. The van der Waals surface area contributed by atoms with Crippen LogP contribution >= 0.6 is 0 Å². The van der Waals surface area contributed by atoms with E-state index in [-0.39, 0.29) is 12.6 Å². The first-order valence-electron chi connectivity index (χ1n) is 5.08. The number of piperidine rings is 1. The Kier molecular flexibility index (Phi) is 2.77. The van der Waals surface area contributed by atoms with Gasteiger partial charge in [0.1, 0.15) is 6.17 Å². The summed E-state index contributed by atoms with van der Waals surface area (Å²) in [5.41, 5.74) is 0. The van der Waals surface area contributed by atoms with E-state index in [2.05, 4.69) is 10.1 Å². The summed E-state index contributed by atoms with van der Waals surface area (Å²) >= 11 is 0. The van der Waals surface area contributed by atoms with Gasteiger partial charge in [0.2, 0.25) is 5.82 Å². The largest absolute Gasteiger partial charge is 0.324 e. The van der Waals surface area contributed by atoms with Gasteiger partial charge in [-0.25, -0.2) is 4.39 Å². The van der Waals surface area contributed by atoms with Crippen LogP contribution in [-0.4, -0.2) is 29.4 Å². The van der Waals surface area contributed by atoms with Gasteiger partial charge in [0.15, 0.2) is 0 Å². The van der Waals surface area contributed by atoms with Crippen LogP contribution in [0.5, 0.6) is 0 Å². The van der Waals surface area contributed by atoms with Crippen molar-refractivity contribution >= 4 is 6.01 Å². The third-order valence-corrected chi connectivity index (χ3v) is 2.44. The van der Waals surface area contributed by atoms with Crippen LogP contribution in [0, 0.1) is 0 Å². The van der Waals surface area contributed by atoms with Crippen LogP contribution in [0.25, 0.3) is 0 Å². The zero-order valence-electron chi connectivity index (χ0n) is 8.79. The van der Waals surface area contributed by atoms with Crippen LogP contribution in [0.15, 0.2) is 4.52 Å². The van der Waals surface area contributed by atoms with E-state index in [1.807, 2.05) is 0 Å². The van der Waals surface area contributed by atoms with Crippen molar-refractivity contribution in [2.45, 2.75) is 31.9 Å². The molecule has 16 heavy (non-hydrogen) atoms. The molecule has 0 spiro atoms. The Labute approximate surface area is 90.4 Å². The lowest BCUT2D eigenvalue weighted by Crippen LogP contribution is -2.36. The van der Waals surface area contributed by atoms with Gasteiger partial charge in [-0.2, -0.15) is 13.8 Å². The van der Waals surface area contributed by atoms with Gasteiger partial charge in [-0.15, -0.1) is 0 Å². The van der Waals surface area contributed by atoms with Crippen molar-refractivity contribution in [3.63, 3.8) is 0 Å². The summed E-state index contributed by atoms with van der Waals surface area (Å²) in [5, 5.41) is 3.19. The van der Waals surface area contributed by atoms with Gasteiger partial charge in [-0.05, 0) is 12.8 Å². The summed E-state index contributed by atoms with van der Waals surface area (Å²) < 4.78 is 43.4. The maximum Gasteiger partial charge on any atom is 0.324 e. The highest BCUT2D eigenvalue weighted by Gasteiger charge is 2.33. The highest BCUT2D eigenvalue weighted by molar-refractivity contribution is 5.26. The lowest BCUT2D eigenvalue weighted by molar-refractivity contribution is 0.00559. The summed E-state index contributed by atoms with van der Waals surface area (Å²) in [6.07, 6.45) is 0.175. The molecule has 1 aromatic heterocycles. The number of halogens is 3. The predicted molar refractivity (Wildman–Crippen MR) is 50.2 cm³/mol. The molecule has 7 heteroatoms. The van der Waals surface area contributed by atoms with E-state index in [1.54, 1.807) is 0 Å². The normalized spacial score (nSPS) is 22.5. The molecule has 0 radical (unpaired) electrons. The maximum absolute atomic E-state index is 13.1. The summed E-state index contributed by atoms with van der Waals surface area (Å²) in [6.45, 7) is 1.37. The van der Waals surface area contributed by atoms with Crippen LogP contribution in [0.4, 0.5) is 19.2 Å². The Morgan fingerprint density at radius 1 is 1.50 bits per heavy atom. The van der Waals surface area contributed by atoms with Gasteiger partial charge >= 0.3 is 11.9 Å². The highest BCUT2D eigenvalue weighted by atomic mass is 19.3. The minimum Gasteiger partial charge on any atom is -0.322 e. The van der Waals surface area contributed by atoms with Gasteiger partial charge in [-0.1, -0.05) is 5.16 Å². The quantitative estimate of drug-likeness (QED) is 0.787. The number of hydrogen-bond donors (Lipinski definition) is 0. The van der Waals surface area contributed by atoms with Gasteiger partial charge in [-0.3, -0.25) is 0 Å². The predicted octanol–water partition coefficient (Wildman–Crippen LogP) is 2.12. The molecule has 2 rings (SSSR count). The molecule has 1 saturated heterocycles. The minimum atomic E-state index is -3.13.